The summed E-state index contributed by atoms with van der Waals surface area (Å²) in [7, 11) is 0. The van der Waals surface area contributed by atoms with E-state index in [1.807, 2.05) is 49.7 Å². The van der Waals surface area contributed by atoms with E-state index in [2.05, 4.69) is 27.2 Å². The number of rotatable bonds is 6. The summed E-state index contributed by atoms with van der Waals surface area (Å²) in [6, 6.07) is 7.33. The van der Waals surface area contributed by atoms with Crippen molar-refractivity contribution < 1.29 is 4.79 Å². The number of carbonyl (C=O) groups excluding carboxylic acids is 1. The summed E-state index contributed by atoms with van der Waals surface area (Å²) in [6.45, 7) is 6.90. The van der Waals surface area contributed by atoms with Crippen molar-refractivity contribution in [3.05, 3.63) is 81.7 Å². The standard InChI is InChI=1S/C27H27N7O2.B/c1-4-11-34-26(36)22-15-23(31-24(22)33-13-10-28-27(33)34)21-16-29-32(17-21)12-6-8-19-7-5-9-20(14-19)25(35)30-18(2)3;/h5,7,9-10,13-14,16-18H,4,11-12,15H2,1-3H3,(H,30,35);. The molecule has 0 spiro atoms. The first kappa shape index (κ1) is 25.7. The molecule has 4 heterocycles. The lowest BCUT2D eigenvalue weighted by molar-refractivity contribution is 0.0943. The number of fused-ring (bicyclic) bond motifs is 3. The summed E-state index contributed by atoms with van der Waals surface area (Å²) in [4.78, 5) is 34.5. The van der Waals surface area contributed by atoms with Crippen LogP contribution in [0.3, 0.4) is 0 Å². The smallest absolute Gasteiger partial charge is 0.260 e. The third-order valence-corrected chi connectivity index (χ3v) is 5.88. The monoisotopic (exact) mass is 492 g/mol. The second kappa shape index (κ2) is 10.7. The summed E-state index contributed by atoms with van der Waals surface area (Å²) in [5, 5.41) is 7.31. The van der Waals surface area contributed by atoms with E-state index in [-0.39, 0.29) is 25.9 Å². The normalized spacial score (nSPS) is 12.1. The Morgan fingerprint density at radius 3 is 2.89 bits per heavy atom. The number of hydrogen-bond donors (Lipinski definition) is 1. The van der Waals surface area contributed by atoms with Gasteiger partial charge in [-0.3, -0.25) is 23.2 Å². The van der Waals surface area contributed by atoms with Gasteiger partial charge in [0.2, 0.25) is 5.78 Å². The van der Waals surface area contributed by atoms with Crippen LogP contribution in [0.5, 0.6) is 0 Å². The van der Waals surface area contributed by atoms with Crippen molar-refractivity contribution >= 4 is 31.6 Å². The predicted molar refractivity (Wildman–Crippen MR) is 144 cm³/mol. The molecule has 3 aromatic heterocycles. The lowest BCUT2D eigenvalue weighted by atomic mass is 10.1. The molecule has 37 heavy (non-hydrogen) atoms. The molecule has 0 fully saturated rings. The molecular weight excluding hydrogens is 465 g/mol. The van der Waals surface area contributed by atoms with Gasteiger partial charge in [-0.05, 0) is 38.5 Å². The van der Waals surface area contributed by atoms with E-state index in [4.69, 9.17) is 4.99 Å². The molecule has 0 atom stereocenters. The van der Waals surface area contributed by atoms with Crippen molar-refractivity contribution in [2.24, 2.45) is 4.99 Å². The molecule has 3 radical (unpaired) electrons. The van der Waals surface area contributed by atoms with Gasteiger partial charge in [0.25, 0.3) is 11.5 Å². The minimum absolute atomic E-state index is 0. The number of imidazole rings is 1. The van der Waals surface area contributed by atoms with E-state index in [1.54, 1.807) is 33.8 Å². The number of aryl methyl sites for hydroxylation is 1. The Morgan fingerprint density at radius 2 is 2.11 bits per heavy atom. The molecule has 1 aliphatic heterocycles. The zero-order chi connectivity index (χ0) is 25.2. The van der Waals surface area contributed by atoms with Gasteiger partial charge in [-0.1, -0.05) is 24.8 Å². The molecule has 0 saturated heterocycles. The summed E-state index contributed by atoms with van der Waals surface area (Å²) >= 11 is 0. The van der Waals surface area contributed by atoms with Crippen molar-refractivity contribution in [1.82, 2.24) is 29.0 Å². The number of amides is 1. The number of carbonyl (C=O) groups is 1. The molecule has 185 valence electrons. The van der Waals surface area contributed by atoms with E-state index in [9.17, 15) is 9.59 Å². The Balaban J connectivity index is 0.00000320. The SMILES string of the molecule is CCCn1c(=O)c2c(n3ccnc13)N=C(c1cnn(CC#Cc3cccc(C(=O)NC(C)C)c3)c1)C2.[B]. The second-order valence-corrected chi connectivity index (χ2v) is 9.03. The van der Waals surface area contributed by atoms with Gasteiger partial charge in [0.05, 0.1) is 17.5 Å². The zero-order valence-electron chi connectivity index (χ0n) is 21.1. The number of hydrogen-bond acceptors (Lipinski definition) is 5. The van der Waals surface area contributed by atoms with E-state index in [0.717, 1.165) is 23.3 Å². The van der Waals surface area contributed by atoms with Crippen molar-refractivity contribution in [1.29, 1.82) is 0 Å². The molecule has 9 nitrogen and oxygen atoms in total. The molecule has 0 unspecified atom stereocenters. The number of nitrogens with zero attached hydrogens (tertiary/aromatic N) is 6. The first-order valence-electron chi connectivity index (χ1n) is 12.0. The number of nitrogens with one attached hydrogen (secondary N) is 1. The Hall–Kier alpha value is -4.39. The quantitative estimate of drug-likeness (QED) is 0.331. The number of benzene rings is 1. The Labute approximate surface area is 216 Å². The van der Waals surface area contributed by atoms with Crippen molar-refractivity contribution in [3.63, 3.8) is 0 Å². The van der Waals surface area contributed by atoms with Gasteiger partial charge in [0, 0.05) is 62.7 Å². The molecule has 1 aromatic carbocycles. The van der Waals surface area contributed by atoms with Crippen LogP contribution in [0.4, 0.5) is 5.82 Å². The maximum Gasteiger partial charge on any atom is 0.260 e. The molecule has 0 bridgehead atoms. The maximum atomic E-state index is 13.1. The van der Waals surface area contributed by atoms with Gasteiger partial charge in [0.15, 0.2) is 0 Å². The number of aromatic nitrogens is 5. The fourth-order valence-electron chi connectivity index (χ4n) is 4.26. The lowest BCUT2D eigenvalue weighted by Gasteiger charge is -2.09. The van der Waals surface area contributed by atoms with Crippen molar-refractivity contribution in [3.8, 4) is 11.8 Å². The highest BCUT2D eigenvalue weighted by molar-refractivity contribution is 6.05. The van der Waals surface area contributed by atoms with Crippen LogP contribution in [-0.2, 0) is 19.5 Å². The highest BCUT2D eigenvalue weighted by Crippen LogP contribution is 2.27. The van der Waals surface area contributed by atoms with Crippen LogP contribution >= 0.6 is 0 Å². The van der Waals surface area contributed by atoms with Gasteiger partial charge in [0.1, 0.15) is 12.4 Å². The van der Waals surface area contributed by atoms with Crippen LogP contribution in [0, 0.1) is 11.8 Å². The van der Waals surface area contributed by atoms with Gasteiger partial charge in [-0.2, -0.15) is 5.10 Å². The largest absolute Gasteiger partial charge is 0.350 e. The molecule has 1 aliphatic rings. The van der Waals surface area contributed by atoms with E-state index in [0.29, 0.717) is 42.2 Å². The van der Waals surface area contributed by atoms with Crippen LogP contribution in [-0.4, -0.2) is 49.8 Å². The van der Waals surface area contributed by atoms with Crippen molar-refractivity contribution in [2.45, 2.75) is 52.7 Å². The fraction of sp³-hybridized carbons (Fsp3) is 0.296. The summed E-state index contributed by atoms with van der Waals surface area (Å²) in [6.07, 6.45) is 8.47. The summed E-state index contributed by atoms with van der Waals surface area (Å²) < 4.78 is 5.34. The molecule has 1 N–H and O–H groups in total. The van der Waals surface area contributed by atoms with Gasteiger partial charge >= 0.3 is 0 Å². The van der Waals surface area contributed by atoms with Crippen molar-refractivity contribution in [2.75, 3.05) is 0 Å². The minimum Gasteiger partial charge on any atom is -0.350 e. The predicted octanol–water partition coefficient (Wildman–Crippen LogP) is 2.59. The molecular formula is C27H27BN7O2. The second-order valence-electron chi connectivity index (χ2n) is 9.03. The van der Waals surface area contributed by atoms with Crippen LogP contribution in [0.2, 0.25) is 0 Å². The van der Waals surface area contributed by atoms with Crippen LogP contribution < -0.4 is 10.9 Å². The van der Waals surface area contributed by atoms with Crippen LogP contribution in [0.15, 0.2) is 58.8 Å². The zero-order valence-corrected chi connectivity index (χ0v) is 21.1. The first-order chi connectivity index (χ1) is 17.4. The van der Waals surface area contributed by atoms with Gasteiger partial charge < -0.3 is 5.32 Å². The highest BCUT2D eigenvalue weighted by Gasteiger charge is 2.25. The molecule has 0 aliphatic carbocycles. The average molecular weight is 492 g/mol. The van der Waals surface area contributed by atoms with Gasteiger partial charge in [-0.15, -0.1) is 0 Å². The first-order valence-corrected chi connectivity index (χ1v) is 12.0. The van der Waals surface area contributed by atoms with E-state index in [1.165, 1.54) is 0 Å². The molecule has 0 saturated carbocycles. The van der Waals surface area contributed by atoms with Gasteiger partial charge in [-0.25, -0.2) is 9.98 Å². The van der Waals surface area contributed by atoms with Crippen LogP contribution in [0.25, 0.3) is 5.78 Å². The fourth-order valence-corrected chi connectivity index (χ4v) is 4.26. The molecule has 5 rings (SSSR count). The van der Waals surface area contributed by atoms with E-state index < -0.39 is 0 Å². The maximum absolute atomic E-state index is 13.1. The summed E-state index contributed by atoms with van der Waals surface area (Å²) in [5.74, 6) is 7.36. The highest BCUT2D eigenvalue weighted by atomic mass is 16.1. The summed E-state index contributed by atoms with van der Waals surface area (Å²) in [5.41, 5.74) is 3.65. The minimum atomic E-state index is -0.113. The Morgan fingerprint density at radius 1 is 1.27 bits per heavy atom. The Bertz CT molecular complexity index is 1610. The lowest BCUT2D eigenvalue weighted by Crippen LogP contribution is -2.30. The Kier molecular flexibility index (Phi) is 7.43. The van der Waals surface area contributed by atoms with Crippen LogP contribution in [0.1, 0.15) is 54.2 Å². The third-order valence-electron chi connectivity index (χ3n) is 5.88. The third kappa shape index (κ3) is 5.12. The number of aliphatic imine (C=N–C) groups is 1. The molecule has 1 amide bonds. The molecule has 10 heteroatoms. The topological polar surface area (TPSA) is 98.6 Å². The average Bonchev–Trinajstić information content (AvgIpc) is 3.60. The molecule has 4 aromatic rings. The van der Waals surface area contributed by atoms with E-state index >= 15 is 0 Å².